The Hall–Kier alpha value is -0.610. The quantitative estimate of drug-likeness (QED) is 0.835. The van der Waals surface area contributed by atoms with E-state index in [-0.39, 0.29) is 6.04 Å². The van der Waals surface area contributed by atoms with Crippen molar-refractivity contribution < 1.29 is 8.78 Å². The highest BCUT2D eigenvalue weighted by atomic mass is 32.2. The Kier molecular flexibility index (Phi) is 5.92. The first-order valence-corrected chi connectivity index (χ1v) is 7.13. The van der Waals surface area contributed by atoms with E-state index in [2.05, 4.69) is 18.5 Å². The van der Waals surface area contributed by atoms with Crippen molar-refractivity contribution in [2.24, 2.45) is 0 Å². The van der Waals surface area contributed by atoms with Crippen molar-refractivity contribution in [2.75, 3.05) is 12.0 Å². The molecule has 1 rings (SSSR count). The van der Waals surface area contributed by atoms with Crippen molar-refractivity contribution in [3.05, 3.63) is 35.4 Å². The summed E-state index contributed by atoms with van der Waals surface area (Å²) in [7, 11) is 0. The molecule has 1 aromatic rings. The maximum atomic E-state index is 13.1. The fourth-order valence-corrected chi connectivity index (χ4v) is 2.32. The van der Waals surface area contributed by atoms with Crippen LogP contribution in [0.15, 0.2) is 18.2 Å². The molecule has 0 radical (unpaired) electrons. The molecule has 0 heterocycles. The average Bonchev–Trinajstić information content (AvgIpc) is 2.25. The van der Waals surface area contributed by atoms with Crippen LogP contribution in [0, 0.1) is 11.6 Å². The third-order valence-corrected chi connectivity index (χ3v) is 3.32. The van der Waals surface area contributed by atoms with Gasteiger partial charge in [0.15, 0.2) is 0 Å². The van der Waals surface area contributed by atoms with Crippen molar-refractivity contribution >= 4 is 11.8 Å². The third kappa shape index (κ3) is 5.04. The predicted octanol–water partition coefficient (Wildman–Crippen LogP) is 3.76. The highest BCUT2D eigenvalue weighted by Crippen LogP contribution is 2.17. The summed E-state index contributed by atoms with van der Waals surface area (Å²) in [5, 5.41) is 3.34. The molecule has 0 bridgehead atoms. The number of rotatable bonds is 6. The molecule has 1 aromatic carbocycles. The van der Waals surface area contributed by atoms with E-state index < -0.39 is 11.6 Å². The predicted molar refractivity (Wildman–Crippen MR) is 70.4 cm³/mol. The molecular weight excluding hydrogens is 240 g/mol. The van der Waals surface area contributed by atoms with Crippen LogP contribution in [0.25, 0.3) is 0 Å². The number of hydrogen-bond acceptors (Lipinski definition) is 2. The standard InChI is InChI=1S/C13H19F2NS/c1-9(4-5-17-3)16-10(2)11-6-12(14)8-13(15)7-11/h6-10,16H,4-5H2,1-3H3. The highest BCUT2D eigenvalue weighted by Gasteiger charge is 2.11. The molecule has 0 amide bonds. The van der Waals surface area contributed by atoms with Crippen LogP contribution in [-0.2, 0) is 0 Å². The van der Waals surface area contributed by atoms with E-state index in [9.17, 15) is 8.78 Å². The smallest absolute Gasteiger partial charge is 0.126 e. The zero-order valence-corrected chi connectivity index (χ0v) is 11.3. The van der Waals surface area contributed by atoms with E-state index in [1.54, 1.807) is 11.8 Å². The van der Waals surface area contributed by atoms with Gasteiger partial charge in [0.2, 0.25) is 0 Å². The Labute approximate surface area is 106 Å². The summed E-state index contributed by atoms with van der Waals surface area (Å²) in [5.41, 5.74) is 0.651. The monoisotopic (exact) mass is 259 g/mol. The molecule has 4 heteroatoms. The number of benzene rings is 1. The minimum atomic E-state index is -0.523. The van der Waals surface area contributed by atoms with Crippen LogP contribution in [0.1, 0.15) is 31.9 Å². The number of halogens is 2. The molecule has 0 saturated heterocycles. The lowest BCUT2D eigenvalue weighted by molar-refractivity contribution is 0.466. The molecule has 96 valence electrons. The fraction of sp³-hybridized carbons (Fsp3) is 0.538. The largest absolute Gasteiger partial charge is 0.308 e. The molecule has 2 unspecified atom stereocenters. The first-order chi connectivity index (χ1) is 8.02. The van der Waals surface area contributed by atoms with Crippen LogP contribution >= 0.6 is 11.8 Å². The zero-order chi connectivity index (χ0) is 12.8. The second-order valence-corrected chi connectivity index (χ2v) is 5.26. The second-order valence-electron chi connectivity index (χ2n) is 4.27. The molecular formula is C13H19F2NS. The Balaban J connectivity index is 2.59. The van der Waals surface area contributed by atoms with Gasteiger partial charge in [0.05, 0.1) is 0 Å². The minimum Gasteiger partial charge on any atom is -0.308 e. The van der Waals surface area contributed by atoms with Gasteiger partial charge in [-0.25, -0.2) is 8.78 Å². The Morgan fingerprint density at radius 1 is 1.18 bits per heavy atom. The fourth-order valence-electron chi connectivity index (χ4n) is 1.73. The molecule has 0 aromatic heterocycles. The van der Waals surface area contributed by atoms with Crippen molar-refractivity contribution in [1.29, 1.82) is 0 Å². The van der Waals surface area contributed by atoms with E-state index in [1.807, 2.05) is 6.92 Å². The lowest BCUT2D eigenvalue weighted by atomic mass is 10.1. The minimum absolute atomic E-state index is 0.0444. The summed E-state index contributed by atoms with van der Waals surface area (Å²) in [4.78, 5) is 0. The lowest BCUT2D eigenvalue weighted by Gasteiger charge is -2.20. The maximum Gasteiger partial charge on any atom is 0.126 e. The van der Waals surface area contributed by atoms with Crippen LogP contribution < -0.4 is 5.32 Å². The molecule has 0 aliphatic heterocycles. The maximum absolute atomic E-state index is 13.1. The number of nitrogens with one attached hydrogen (secondary N) is 1. The first-order valence-electron chi connectivity index (χ1n) is 5.74. The summed E-state index contributed by atoms with van der Waals surface area (Å²) in [6.07, 6.45) is 3.11. The van der Waals surface area contributed by atoms with Gasteiger partial charge in [-0.3, -0.25) is 0 Å². The Morgan fingerprint density at radius 3 is 2.29 bits per heavy atom. The normalized spacial score (nSPS) is 14.6. The Morgan fingerprint density at radius 2 is 1.76 bits per heavy atom. The SMILES string of the molecule is CSCCC(C)NC(C)c1cc(F)cc(F)c1. The van der Waals surface area contributed by atoms with Crippen LogP contribution in [0.3, 0.4) is 0 Å². The molecule has 0 aliphatic rings. The molecule has 2 atom stereocenters. The number of thioether (sulfide) groups is 1. The zero-order valence-electron chi connectivity index (χ0n) is 10.5. The summed E-state index contributed by atoms with van der Waals surface area (Å²) >= 11 is 1.80. The van der Waals surface area contributed by atoms with Gasteiger partial charge in [0, 0.05) is 18.2 Å². The van der Waals surface area contributed by atoms with Gasteiger partial charge in [-0.1, -0.05) is 0 Å². The van der Waals surface area contributed by atoms with Crippen LogP contribution in [-0.4, -0.2) is 18.1 Å². The van der Waals surface area contributed by atoms with Gasteiger partial charge in [-0.15, -0.1) is 0 Å². The Bertz CT molecular complexity index is 337. The molecule has 1 nitrogen and oxygen atoms in total. The summed E-state index contributed by atoms with van der Waals surface area (Å²) in [6.45, 7) is 4.01. The van der Waals surface area contributed by atoms with Gasteiger partial charge in [-0.05, 0) is 50.0 Å². The highest BCUT2D eigenvalue weighted by molar-refractivity contribution is 7.98. The topological polar surface area (TPSA) is 12.0 Å². The van der Waals surface area contributed by atoms with E-state index in [1.165, 1.54) is 12.1 Å². The summed E-state index contributed by atoms with van der Waals surface area (Å²) < 4.78 is 26.1. The summed E-state index contributed by atoms with van der Waals surface area (Å²) in [6, 6.07) is 3.94. The second kappa shape index (κ2) is 6.97. The van der Waals surface area contributed by atoms with E-state index >= 15 is 0 Å². The van der Waals surface area contributed by atoms with Crippen molar-refractivity contribution in [3.8, 4) is 0 Å². The van der Waals surface area contributed by atoms with Gasteiger partial charge < -0.3 is 5.32 Å². The molecule has 0 saturated carbocycles. The van der Waals surface area contributed by atoms with Crippen molar-refractivity contribution in [1.82, 2.24) is 5.32 Å². The van der Waals surface area contributed by atoms with Gasteiger partial charge >= 0.3 is 0 Å². The first kappa shape index (κ1) is 14.5. The van der Waals surface area contributed by atoms with Crippen molar-refractivity contribution in [2.45, 2.75) is 32.4 Å². The van der Waals surface area contributed by atoms with Crippen LogP contribution in [0.5, 0.6) is 0 Å². The third-order valence-electron chi connectivity index (χ3n) is 2.67. The molecule has 17 heavy (non-hydrogen) atoms. The van der Waals surface area contributed by atoms with Gasteiger partial charge in [0.1, 0.15) is 11.6 Å². The molecule has 1 N–H and O–H groups in total. The van der Waals surface area contributed by atoms with Gasteiger partial charge in [0.25, 0.3) is 0 Å². The number of hydrogen-bond donors (Lipinski definition) is 1. The van der Waals surface area contributed by atoms with E-state index in [4.69, 9.17) is 0 Å². The van der Waals surface area contributed by atoms with E-state index in [0.29, 0.717) is 11.6 Å². The lowest BCUT2D eigenvalue weighted by Crippen LogP contribution is -2.29. The van der Waals surface area contributed by atoms with Gasteiger partial charge in [-0.2, -0.15) is 11.8 Å². The van der Waals surface area contributed by atoms with E-state index in [0.717, 1.165) is 18.2 Å². The molecule has 0 fully saturated rings. The van der Waals surface area contributed by atoms with Crippen molar-refractivity contribution in [3.63, 3.8) is 0 Å². The van der Waals surface area contributed by atoms with Crippen LogP contribution in [0.4, 0.5) is 8.78 Å². The van der Waals surface area contributed by atoms with Crippen LogP contribution in [0.2, 0.25) is 0 Å². The molecule has 0 spiro atoms. The summed E-state index contributed by atoms with van der Waals surface area (Å²) in [5.74, 6) is 0.0362. The molecule has 0 aliphatic carbocycles. The average molecular weight is 259 g/mol.